The molecule has 8 heteroatoms. The van der Waals surface area contributed by atoms with Gasteiger partial charge in [0.1, 0.15) is 6.04 Å². The number of amides is 2. The second kappa shape index (κ2) is 7.47. The lowest BCUT2D eigenvalue weighted by Crippen LogP contribution is -2.48. The van der Waals surface area contributed by atoms with Gasteiger partial charge in [0.25, 0.3) is 0 Å². The van der Waals surface area contributed by atoms with Gasteiger partial charge < -0.3 is 10.2 Å². The van der Waals surface area contributed by atoms with Crippen molar-refractivity contribution in [3.63, 3.8) is 0 Å². The summed E-state index contributed by atoms with van der Waals surface area (Å²) < 4.78 is 38.8. The average molecular weight is 389 g/mol. The first-order valence-electron chi connectivity index (χ1n) is 8.72. The van der Waals surface area contributed by atoms with E-state index in [0.717, 1.165) is 31.7 Å². The summed E-state index contributed by atoms with van der Waals surface area (Å²) in [6.07, 6.45) is 0.111. The Morgan fingerprint density at radius 2 is 1.92 bits per heavy atom. The smallest absolute Gasteiger partial charge is 0.350 e. The van der Waals surface area contributed by atoms with Crippen LogP contribution < -0.4 is 5.32 Å². The zero-order valence-corrected chi connectivity index (χ0v) is 14.9. The van der Waals surface area contributed by atoms with Crippen LogP contribution >= 0.6 is 11.6 Å². The second-order valence-electron chi connectivity index (χ2n) is 6.79. The van der Waals surface area contributed by atoms with Gasteiger partial charge in [-0.3, -0.25) is 9.59 Å². The van der Waals surface area contributed by atoms with E-state index in [0.29, 0.717) is 12.8 Å². The minimum absolute atomic E-state index is 0.0193. The van der Waals surface area contributed by atoms with Crippen LogP contribution in [0.15, 0.2) is 18.2 Å². The molecule has 0 aromatic heterocycles. The fraction of sp³-hybridized carbons (Fsp3) is 0.556. The van der Waals surface area contributed by atoms with E-state index in [-0.39, 0.29) is 30.0 Å². The van der Waals surface area contributed by atoms with Gasteiger partial charge >= 0.3 is 6.18 Å². The standard InChI is InChI=1S/C18H20ClF3N2O2/c19-16-11(4-3-7-13(16)18(20,21)22)10-23-17(26)14-8-9-15(25)24(14)12-5-1-2-6-12/h3-4,7,12,14H,1-2,5-6,8-10H2,(H,23,26)/t14-/m1/s1. The van der Waals surface area contributed by atoms with E-state index < -0.39 is 22.8 Å². The fourth-order valence-electron chi connectivity index (χ4n) is 3.84. The van der Waals surface area contributed by atoms with Gasteiger partial charge in [-0.05, 0) is 30.9 Å². The molecule has 2 fully saturated rings. The van der Waals surface area contributed by atoms with Gasteiger partial charge in [0.2, 0.25) is 11.8 Å². The predicted molar refractivity (Wildman–Crippen MR) is 90.4 cm³/mol. The quantitative estimate of drug-likeness (QED) is 0.850. The van der Waals surface area contributed by atoms with Gasteiger partial charge in [-0.1, -0.05) is 36.6 Å². The normalized spacial score (nSPS) is 21.5. The summed E-state index contributed by atoms with van der Waals surface area (Å²) in [6, 6.07) is 3.17. The molecule has 4 nitrogen and oxygen atoms in total. The van der Waals surface area contributed by atoms with Crippen molar-refractivity contribution < 1.29 is 22.8 Å². The molecule has 1 aromatic rings. The van der Waals surface area contributed by atoms with Crippen molar-refractivity contribution >= 4 is 23.4 Å². The summed E-state index contributed by atoms with van der Waals surface area (Å²) in [4.78, 5) is 26.4. The van der Waals surface area contributed by atoms with Crippen LogP contribution in [0.1, 0.15) is 49.7 Å². The molecule has 1 saturated heterocycles. The van der Waals surface area contributed by atoms with E-state index in [9.17, 15) is 22.8 Å². The molecule has 1 aliphatic carbocycles. The summed E-state index contributed by atoms with van der Waals surface area (Å²) in [6.45, 7) is -0.106. The lowest BCUT2D eigenvalue weighted by Gasteiger charge is -2.30. The average Bonchev–Trinajstić information content (AvgIpc) is 3.21. The molecule has 1 aliphatic heterocycles. The highest BCUT2D eigenvalue weighted by Crippen LogP contribution is 2.36. The first kappa shape index (κ1) is 19.0. The van der Waals surface area contributed by atoms with Crippen molar-refractivity contribution in [1.82, 2.24) is 10.2 Å². The van der Waals surface area contributed by atoms with Crippen molar-refractivity contribution in [1.29, 1.82) is 0 Å². The van der Waals surface area contributed by atoms with Crippen molar-refractivity contribution in [3.8, 4) is 0 Å². The molecule has 0 bridgehead atoms. The number of halogens is 4. The Morgan fingerprint density at radius 1 is 1.23 bits per heavy atom. The third-order valence-electron chi connectivity index (χ3n) is 5.11. The summed E-state index contributed by atoms with van der Waals surface area (Å²) >= 11 is 5.86. The highest BCUT2D eigenvalue weighted by Gasteiger charge is 2.41. The molecule has 0 unspecified atom stereocenters. The first-order chi connectivity index (χ1) is 12.3. The summed E-state index contributed by atoms with van der Waals surface area (Å²) in [7, 11) is 0. The molecule has 2 amide bonds. The maximum Gasteiger partial charge on any atom is 0.417 e. The van der Waals surface area contributed by atoms with Crippen molar-refractivity contribution in [2.45, 2.75) is 63.3 Å². The lowest BCUT2D eigenvalue weighted by atomic mass is 10.1. The number of rotatable bonds is 4. The van der Waals surface area contributed by atoms with Crippen LogP contribution in [0.2, 0.25) is 5.02 Å². The van der Waals surface area contributed by atoms with E-state index >= 15 is 0 Å². The number of benzene rings is 1. The molecular formula is C18H20ClF3N2O2. The third kappa shape index (κ3) is 3.82. The monoisotopic (exact) mass is 388 g/mol. The molecule has 1 N–H and O–H groups in total. The number of nitrogens with one attached hydrogen (secondary N) is 1. The van der Waals surface area contributed by atoms with Gasteiger partial charge in [0.05, 0.1) is 10.6 Å². The highest BCUT2D eigenvalue weighted by atomic mass is 35.5. The maximum absolute atomic E-state index is 12.9. The number of carbonyl (C=O) groups is 2. The van der Waals surface area contributed by atoms with Crippen molar-refractivity contribution in [2.75, 3.05) is 0 Å². The molecule has 142 valence electrons. The van der Waals surface area contributed by atoms with Crippen LogP contribution in [0.4, 0.5) is 13.2 Å². The highest BCUT2D eigenvalue weighted by molar-refractivity contribution is 6.32. The van der Waals surface area contributed by atoms with Gasteiger partial charge in [-0.2, -0.15) is 13.2 Å². The Balaban J connectivity index is 1.68. The van der Waals surface area contributed by atoms with Gasteiger partial charge in [-0.25, -0.2) is 0 Å². The number of likely N-dealkylation sites (tertiary alicyclic amines) is 1. The van der Waals surface area contributed by atoms with E-state index in [4.69, 9.17) is 11.6 Å². The Labute approximate surface area is 154 Å². The minimum atomic E-state index is -4.55. The molecular weight excluding hydrogens is 369 g/mol. The summed E-state index contributed by atoms with van der Waals surface area (Å²) in [5, 5.41) is 2.24. The lowest BCUT2D eigenvalue weighted by molar-refractivity contribution is -0.138. The SMILES string of the molecule is O=C(NCc1cccc(C(F)(F)F)c1Cl)[C@H]1CCC(=O)N1C1CCCC1. The topological polar surface area (TPSA) is 49.4 Å². The largest absolute Gasteiger partial charge is 0.417 e. The van der Waals surface area contributed by atoms with Gasteiger partial charge in [0, 0.05) is 19.0 Å². The van der Waals surface area contributed by atoms with Crippen LogP contribution in [0.3, 0.4) is 0 Å². The Hall–Kier alpha value is -1.76. The molecule has 1 saturated carbocycles. The molecule has 0 radical (unpaired) electrons. The molecule has 26 heavy (non-hydrogen) atoms. The van der Waals surface area contributed by atoms with Crippen LogP contribution in [-0.2, 0) is 22.3 Å². The predicted octanol–water partition coefficient (Wildman–Crippen LogP) is 3.91. The molecule has 1 heterocycles. The van der Waals surface area contributed by atoms with Gasteiger partial charge in [-0.15, -0.1) is 0 Å². The van der Waals surface area contributed by atoms with Crippen LogP contribution in [0.5, 0.6) is 0 Å². The number of alkyl halides is 3. The Kier molecular flexibility index (Phi) is 5.46. The number of hydrogen-bond donors (Lipinski definition) is 1. The zero-order valence-electron chi connectivity index (χ0n) is 14.1. The Bertz CT molecular complexity index is 702. The van der Waals surface area contributed by atoms with Crippen molar-refractivity contribution in [3.05, 3.63) is 34.3 Å². The number of carbonyl (C=O) groups excluding carboxylic acids is 2. The molecule has 0 spiro atoms. The van der Waals surface area contributed by atoms with Crippen LogP contribution in [0, 0.1) is 0 Å². The zero-order chi connectivity index (χ0) is 18.9. The molecule has 1 atom stereocenters. The fourth-order valence-corrected chi connectivity index (χ4v) is 4.14. The van der Waals surface area contributed by atoms with Crippen molar-refractivity contribution in [2.24, 2.45) is 0 Å². The van der Waals surface area contributed by atoms with E-state index in [1.54, 1.807) is 4.90 Å². The number of nitrogens with zero attached hydrogens (tertiary/aromatic N) is 1. The van der Waals surface area contributed by atoms with E-state index in [2.05, 4.69) is 5.32 Å². The molecule has 1 aromatic carbocycles. The maximum atomic E-state index is 12.9. The molecule has 2 aliphatic rings. The second-order valence-corrected chi connectivity index (χ2v) is 7.17. The first-order valence-corrected chi connectivity index (χ1v) is 9.10. The summed E-state index contributed by atoms with van der Waals surface area (Å²) in [5.41, 5.74) is -0.721. The number of hydrogen-bond acceptors (Lipinski definition) is 2. The minimum Gasteiger partial charge on any atom is -0.350 e. The van der Waals surface area contributed by atoms with Gasteiger partial charge in [0.15, 0.2) is 0 Å². The third-order valence-corrected chi connectivity index (χ3v) is 5.56. The summed E-state index contributed by atoms with van der Waals surface area (Å²) in [5.74, 6) is -0.356. The molecule has 3 rings (SSSR count). The Morgan fingerprint density at radius 3 is 2.58 bits per heavy atom. The van der Waals surface area contributed by atoms with E-state index in [1.165, 1.54) is 12.1 Å². The van der Waals surface area contributed by atoms with Crippen LogP contribution in [-0.4, -0.2) is 28.8 Å². The van der Waals surface area contributed by atoms with E-state index in [1.807, 2.05) is 0 Å². The van der Waals surface area contributed by atoms with Crippen LogP contribution in [0.25, 0.3) is 0 Å².